The second-order valence-corrected chi connectivity index (χ2v) is 6.00. The van der Waals surface area contributed by atoms with Crippen molar-refractivity contribution in [3.63, 3.8) is 0 Å². The van der Waals surface area contributed by atoms with Gasteiger partial charge in [0, 0.05) is 13.1 Å². The average Bonchev–Trinajstić information content (AvgIpc) is 2.27. The SMILES string of the molecule is CCN1CCC(CC(=O)OC(C)(C)C)(ON)CC1. The number of hydrogen-bond donors (Lipinski definition) is 1. The molecule has 106 valence electrons. The minimum atomic E-state index is -0.548. The maximum absolute atomic E-state index is 11.9. The zero-order valence-electron chi connectivity index (χ0n) is 12.0. The lowest BCUT2D eigenvalue weighted by atomic mass is 9.88. The number of rotatable bonds is 4. The third-order valence-corrected chi connectivity index (χ3v) is 3.35. The number of nitrogens with zero attached hydrogens (tertiary/aromatic N) is 1. The van der Waals surface area contributed by atoms with Crippen molar-refractivity contribution in [2.24, 2.45) is 5.90 Å². The maximum Gasteiger partial charge on any atom is 0.309 e. The van der Waals surface area contributed by atoms with Crippen molar-refractivity contribution < 1.29 is 14.4 Å². The fourth-order valence-corrected chi connectivity index (χ4v) is 2.25. The number of esters is 1. The molecule has 0 aromatic heterocycles. The molecule has 0 unspecified atom stereocenters. The maximum atomic E-state index is 11.9. The van der Waals surface area contributed by atoms with E-state index >= 15 is 0 Å². The van der Waals surface area contributed by atoms with Crippen LogP contribution in [-0.4, -0.2) is 41.7 Å². The molecule has 0 aliphatic carbocycles. The summed E-state index contributed by atoms with van der Waals surface area (Å²) in [5.74, 6) is 5.17. The zero-order chi connectivity index (χ0) is 13.8. The topological polar surface area (TPSA) is 64.8 Å². The summed E-state index contributed by atoms with van der Waals surface area (Å²) in [5, 5.41) is 0. The highest BCUT2D eigenvalue weighted by Gasteiger charge is 2.38. The first-order valence-corrected chi connectivity index (χ1v) is 6.62. The summed E-state index contributed by atoms with van der Waals surface area (Å²) in [6.45, 7) is 10.6. The third-order valence-electron chi connectivity index (χ3n) is 3.35. The highest BCUT2D eigenvalue weighted by atomic mass is 16.6. The van der Waals surface area contributed by atoms with Crippen LogP contribution < -0.4 is 5.90 Å². The van der Waals surface area contributed by atoms with Gasteiger partial charge in [0.05, 0.1) is 6.42 Å². The molecule has 1 rings (SSSR count). The first-order valence-electron chi connectivity index (χ1n) is 6.62. The summed E-state index contributed by atoms with van der Waals surface area (Å²) in [7, 11) is 0. The van der Waals surface area contributed by atoms with Crippen LogP contribution >= 0.6 is 0 Å². The van der Waals surface area contributed by atoms with Gasteiger partial charge in [-0.1, -0.05) is 6.92 Å². The van der Waals surface area contributed by atoms with Crippen LogP contribution in [0, 0.1) is 0 Å². The molecule has 0 spiro atoms. The summed E-state index contributed by atoms with van der Waals surface area (Å²) in [6.07, 6.45) is 1.78. The summed E-state index contributed by atoms with van der Waals surface area (Å²) in [5.41, 5.74) is -1.01. The standard InChI is InChI=1S/C13H26N2O3/c1-5-15-8-6-13(18-14,7-9-15)10-11(16)17-12(2,3)4/h5-10,14H2,1-4H3. The number of ether oxygens (including phenoxy) is 1. The van der Waals surface area contributed by atoms with Crippen molar-refractivity contribution in [3.8, 4) is 0 Å². The highest BCUT2D eigenvalue weighted by Crippen LogP contribution is 2.29. The van der Waals surface area contributed by atoms with E-state index in [2.05, 4.69) is 11.8 Å². The molecule has 1 aliphatic rings. The Bertz CT molecular complexity index is 278. The van der Waals surface area contributed by atoms with Crippen molar-refractivity contribution in [2.45, 2.75) is 58.2 Å². The molecule has 0 radical (unpaired) electrons. The minimum absolute atomic E-state index is 0.234. The van der Waals surface area contributed by atoms with E-state index in [4.69, 9.17) is 15.5 Å². The number of carbonyl (C=O) groups is 1. The number of likely N-dealkylation sites (tertiary alicyclic amines) is 1. The van der Waals surface area contributed by atoms with Crippen molar-refractivity contribution in [3.05, 3.63) is 0 Å². The zero-order valence-corrected chi connectivity index (χ0v) is 12.0. The predicted octanol–water partition coefficient (Wildman–Crippen LogP) is 1.46. The fraction of sp³-hybridized carbons (Fsp3) is 0.923. The Labute approximate surface area is 110 Å². The molecule has 1 saturated heterocycles. The van der Waals surface area contributed by atoms with E-state index in [1.54, 1.807) is 0 Å². The Morgan fingerprint density at radius 3 is 2.28 bits per heavy atom. The normalized spacial score (nSPS) is 20.7. The Hall–Kier alpha value is -0.650. The van der Waals surface area contributed by atoms with Gasteiger partial charge in [0.2, 0.25) is 0 Å². The average molecular weight is 258 g/mol. The number of piperidine rings is 1. The molecule has 0 amide bonds. The van der Waals surface area contributed by atoms with E-state index in [0.29, 0.717) is 0 Å². The second-order valence-electron chi connectivity index (χ2n) is 6.00. The Kier molecular flexibility index (Phi) is 5.13. The van der Waals surface area contributed by atoms with Crippen molar-refractivity contribution >= 4 is 5.97 Å². The quantitative estimate of drug-likeness (QED) is 0.611. The third kappa shape index (κ3) is 4.55. The number of carbonyl (C=O) groups excluding carboxylic acids is 1. The molecule has 1 aliphatic heterocycles. The molecule has 5 heteroatoms. The van der Waals surface area contributed by atoms with E-state index in [1.165, 1.54) is 0 Å². The van der Waals surface area contributed by atoms with Crippen LogP contribution in [0.25, 0.3) is 0 Å². The van der Waals surface area contributed by atoms with Gasteiger partial charge in [-0.25, -0.2) is 5.90 Å². The lowest BCUT2D eigenvalue weighted by Crippen LogP contribution is -2.49. The van der Waals surface area contributed by atoms with Gasteiger partial charge >= 0.3 is 5.97 Å². The van der Waals surface area contributed by atoms with Gasteiger partial charge in [-0.05, 0) is 40.2 Å². The van der Waals surface area contributed by atoms with Crippen molar-refractivity contribution in [1.29, 1.82) is 0 Å². The van der Waals surface area contributed by atoms with Crippen LogP contribution in [0.2, 0.25) is 0 Å². The molecule has 2 N–H and O–H groups in total. The van der Waals surface area contributed by atoms with Crippen LogP contribution in [-0.2, 0) is 14.4 Å². The van der Waals surface area contributed by atoms with Gasteiger partial charge in [0.15, 0.2) is 0 Å². The summed E-state index contributed by atoms with van der Waals surface area (Å²) >= 11 is 0. The monoisotopic (exact) mass is 258 g/mol. The van der Waals surface area contributed by atoms with E-state index in [0.717, 1.165) is 32.5 Å². The van der Waals surface area contributed by atoms with Crippen LogP contribution in [0.1, 0.15) is 47.0 Å². The fourth-order valence-electron chi connectivity index (χ4n) is 2.25. The number of nitrogens with two attached hydrogens (primary N) is 1. The van der Waals surface area contributed by atoms with Gasteiger partial charge in [-0.3, -0.25) is 9.63 Å². The molecule has 18 heavy (non-hydrogen) atoms. The summed E-state index contributed by atoms with van der Waals surface area (Å²) < 4.78 is 5.33. The summed E-state index contributed by atoms with van der Waals surface area (Å²) in [4.78, 5) is 19.3. The van der Waals surface area contributed by atoms with E-state index in [1.807, 2.05) is 20.8 Å². The summed E-state index contributed by atoms with van der Waals surface area (Å²) in [6, 6.07) is 0. The minimum Gasteiger partial charge on any atom is -0.460 e. The molecule has 0 saturated carbocycles. The molecular weight excluding hydrogens is 232 g/mol. The smallest absolute Gasteiger partial charge is 0.309 e. The lowest BCUT2D eigenvalue weighted by molar-refractivity contribution is -0.167. The van der Waals surface area contributed by atoms with Crippen molar-refractivity contribution in [2.75, 3.05) is 19.6 Å². The highest BCUT2D eigenvalue weighted by molar-refractivity contribution is 5.71. The molecule has 0 bridgehead atoms. The molecule has 1 fully saturated rings. The van der Waals surface area contributed by atoms with E-state index < -0.39 is 11.2 Å². The predicted molar refractivity (Wildman–Crippen MR) is 69.8 cm³/mol. The van der Waals surface area contributed by atoms with Gasteiger partial charge in [0.25, 0.3) is 0 Å². The lowest BCUT2D eigenvalue weighted by Gasteiger charge is -2.39. The molecule has 5 nitrogen and oxygen atoms in total. The second kappa shape index (κ2) is 5.99. The van der Waals surface area contributed by atoms with Crippen LogP contribution in [0.5, 0.6) is 0 Å². The Morgan fingerprint density at radius 2 is 1.89 bits per heavy atom. The molecule has 1 heterocycles. The molecule has 0 aromatic rings. The van der Waals surface area contributed by atoms with Gasteiger partial charge in [-0.2, -0.15) is 0 Å². The van der Waals surface area contributed by atoms with Gasteiger partial charge in [-0.15, -0.1) is 0 Å². The molecular formula is C13H26N2O3. The van der Waals surface area contributed by atoms with Crippen LogP contribution in [0.15, 0.2) is 0 Å². The van der Waals surface area contributed by atoms with Crippen LogP contribution in [0.3, 0.4) is 0 Å². The molecule has 0 atom stereocenters. The van der Waals surface area contributed by atoms with Crippen molar-refractivity contribution in [1.82, 2.24) is 4.90 Å². The largest absolute Gasteiger partial charge is 0.460 e. The van der Waals surface area contributed by atoms with Gasteiger partial charge < -0.3 is 9.64 Å². The van der Waals surface area contributed by atoms with Gasteiger partial charge in [0.1, 0.15) is 11.2 Å². The molecule has 0 aromatic carbocycles. The number of hydrogen-bond acceptors (Lipinski definition) is 5. The van der Waals surface area contributed by atoms with E-state index in [-0.39, 0.29) is 12.4 Å². The Balaban J connectivity index is 2.54. The van der Waals surface area contributed by atoms with E-state index in [9.17, 15) is 4.79 Å². The Morgan fingerprint density at radius 1 is 1.33 bits per heavy atom. The first-order chi connectivity index (χ1) is 8.30. The first kappa shape index (κ1) is 15.4. The van der Waals surface area contributed by atoms with Crippen LogP contribution in [0.4, 0.5) is 0 Å².